The molecule has 1 unspecified atom stereocenters. The number of H-pyrrole nitrogens is 1. The fourth-order valence-electron chi connectivity index (χ4n) is 1.77. The second-order valence-corrected chi connectivity index (χ2v) is 5.93. The minimum atomic E-state index is 0.313. The zero-order valence-electron chi connectivity index (χ0n) is 12.0. The number of rotatable bonds is 7. The first-order valence-corrected chi connectivity index (χ1v) is 7.39. The van der Waals surface area contributed by atoms with Gasteiger partial charge in [-0.1, -0.05) is 25.6 Å². The number of anilines is 1. The highest BCUT2D eigenvalue weighted by atomic mass is 32.2. The fourth-order valence-corrected chi connectivity index (χ4v) is 2.46. The molecule has 2 rings (SSSR count). The van der Waals surface area contributed by atoms with Crippen LogP contribution in [-0.2, 0) is 4.74 Å². The molecule has 0 spiro atoms. The summed E-state index contributed by atoms with van der Waals surface area (Å²) in [5.74, 6) is 0.512. The molecule has 0 fully saturated rings. The molecule has 0 aliphatic carbocycles. The van der Waals surface area contributed by atoms with E-state index in [0.29, 0.717) is 18.6 Å². The molecule has 0 bridgehead atoms. The SMILES string of the molecule is COCC(Nc1ccc(Sc2ncn[nH]2)cc1)C(C)C. The molecule has 6 heteroatoms. The molecule has 0 aliphatic rings. The van der Waals surface area contributed by atoms with Crippen LogP contribution in [0.3, 0.4) is 0 Å². The van der Waals surface area contributed by atoms with Crippen molar-refractivity contribution in [3.05, 3.63) is 30.6 Å². The minimum Gasteiger partial charge on any atom is -0.383 e. The highest BCUT2D eigenvalue weighted by Crippen LogP contribution is 2.25. The Kier molecular flexibility index (Phi) is 5.43. The van der Waals surface area contributed by atoms with Crippen molar-refractivity contribution in [2.75, 3.05) is 19.0 Å². The van der Waals surface area contributed by atoms with Crippen LogP contribution in [0, 0.1) is 5.92 Å². The topological polar surface area (TPSA) is 62.8 Å². The molecule has 0 saturated heterocycles. The van der Waals surface area contributed by atoms with Crippen LogP contribution in [0.2, 0.25) is 0 Å². The maximum Gasteiger partial charge on any atom is 0.188 e. The van der Waals surface area contributed by atoms with Gasteiger partial charge in [0, 0.05) is 17.7 Å². The lowest BCUT2D eigenvalue weighted by molar-refractivity contribution is 0.171. The Balaban J connectivity index is 1.97. The van der Waals surface area contributed by atoms with E-state index >= 15 is 0 Å². The molecule has 1 heterocycles. The lowest BCUT2D eigenvalue weighted by Crippen LogP contribution is -2.30. The van der Waals surface area contributed by atoms with E-state index in [-0.39, 0.29) is 0 Å². The Labute approximate surface area is 123 Å². The summed E-state index contributed by atoms with van der Waals surface area (Å²) < 4.78 is 5.25. The highest BCUT2D eigenvalue weighted by molar-refractivity contribution is 7.99. The minimum absolute atomic E-state index is 0.313. The van der Waals surface area contributed by atoms with Gasteiger partial charge < -0.3 is 10.1 Å². The van der Waals surface area contributed by atoms with Crippen LogP contribution >= 0.6 is 11.8 Å². The van der Waals surface area contributed by atoms with Crippen molar-refractivity contribution in [1.29, 1.82) is 0 Å². The third kappa shape index (κ3) is 4.25. The Morgan fingerprint density at radius 3 is 2.60 bits per heavy atom. The normalized spacial score (nSPS) is 12.6. The number of hydrogen-bond donors (Lipinski definition) is 2. The Morgan fingerprint density at radius 1 is 1.30 bits per heavy atom. The Bertz CT molecular complexity index is 498. The zero-order valence-corrected chi connectivity index (χ0v) is 12.8. The van der Waals surface area contributed by atoms with E-state index in [9.17, 15) is 0 Å². The van der Waals surface area contributed by atoms with E-state index < -0.39 is 0 Å². The standard InChI is InChI=1S/C14H20N4OS/c1-10(2)13(8-19-3)17-11-4-6-12(7-5-11)20-14-15-9-16-18-14/h4-7,9-10,13,17H,8H2,1-3H3,(H,15,16,18). The van der Waals surface area contributed by atoms with E-state index in [1.54, 1.807) is 18.9 Å². The number of hydrogen-bond acceptors (Lipinski definition) is 5. The lowest BCUT2D eigenvalue weighted by Gasteiger charge is -2.22. The van der Waals surface area contributed by atoms with Crippen molar-refractivity contribution in [1.82, 2.24) is 15.2 Å². The van der Waals surface area contributed by atoms with E-state index in [4.69, 9.17) is 4.74 Å². The highest BCUT2D eigenvalue weighted by Gasteiger charge is 2.12. The average molecular weight is 292 g/mol. The molecule has 1 aromatic heterocycles. The smallest absolute Gasteiger partial charge is 0.188 e. The Morgan fingerprint density at radius 2 is 2.05 bits per heavy atom. The van der Waals surface area contributed by atoms with E-state index in [0.717, 1.165) is 15.7 Å². The summed E-state index contributed by atoms with van der Waals surface area (Å²) in [7, 11) is 1.73. The van der Waals surface area contributed by atoms with Gasteiger partial charge in [-0.3, -0.25) is 5.10 Å². The third-order valence-corrected chi connectivity index (χ3v) is 3.86. The lowest BCUT2D eigenvalue weighted by atomic mass is 10.1. The fraction of sp³-hybridized carbons (Fsp3) is 0.429. The molecule has 1 atom stereocenters. The first-order chi connectivity index (χ1) is 9.69. The largest absolute Gasteiger partial charge is 0.383 e. The molecule has 0 radical (unpaired) electrons. The Hall–Kier alpha value is -1.53. The number of aromatic nitrogens is 3. The van der Waals surface area contributed by atoms with E-state index in [1.807, 2.05) is 0 Å². The van der Waals surface area contributed by atoms with Gasteiger partial charge in [0.15, 0.2) is 5.16 Å². The van der Waals surface area contributed by atoms with Crippen LogP contribution in [0.5, 0.6) is 0 Å². The van der Waals surface area contributed by atoms with Crippen LogP contribution in [0.15, 0.2) is 40.6 Å². The van der Waals surface area contributed by atoms with E-state index in [2.05, 4.69) is 58.6 Å². The molecule has 2 N–H and O–H groups in total. The molecule has 1 aromatic carbocycles. The van der Waals surface area contributed by atoms with Gasteiger partial charge in [0.05, 0.1) is 12.6 Å². The number of benzene rings is 1. The summed E-state index contributed by atoms with van der Waals surface area (Å²) in [6.45, 7) is 5.07. The zero-order chi connectivity index (χ0) is 14.4. The molecule has 0 saturated carbocycles. The van der Waals surface area contributed by atoms with Crippen molar-refractivity contribution in [2.24, 2.45) is 5.92 Å². The average Bonchev–Trinajstić information content (AvgIpc) is 2.93. The second kappa shape index (κ2) is 7.31. The van der Waals surface area contributed by atoms with Gasteiger partial charge >= 0.3 is 0 Å². The predicted octanol–water partition coefficient (Wildman–Crippen LogP) is 3.04. The van der Waals surface area contributed by atoms with Gasteiger partial charge in [0.1, 0.15) is 6.33 Å². The molecular formula is C14H20N4OS. The molecule has 20 heavy (non-hydrogen) atoms. The number of aromatic amines is 1. The van der Waals surface area contributed by atoms with Gasteiger partial charge in [0.25, 0.3) is 0 Å². The van der Waals surface area contributed by atoms with Crippen LogP contribution in [0.1, 0.15) is 13.8 Å². The molecule has 0 aliphatic heterocycles. The maximum absolute atomic E-state index is 5.25. The van der Waals surface area contributed by atoms with Crippen molar-refractivity contribution in [2.45, 2.75) is 29.9 Å². The quantitative estimate of drug-likeness (QED) is 0.821. The van der Waals surface area contributed by atoms with Gasteiger partial charge in [-0.2, -0.15) is 5.10 Å². The monoisotopic (exact) mass is 292 g/mol. The van der Waals surface area contributed by atoms with Gasteiger partial charge in [-0.15, -0.1) is 0 Å². The first-order valence-electron chi connectivity index (χ1n) is 6.58. The number of ether oxygens (including phenoxy) is 1. The summed E-state index contributed by atoms with van der Waals surface area (Å²) in [6, 6.07) is 8.60. The van der Waals surface area contributed by atoms with Gasteiger partial charge in [-0.25, -0.2) is 4.98 Å². The van der Waals surface area contributed by atoms with Crippen LogP contribution in [-0.4, -0.2) is 34.9 Å². The summed E-state index contributed by atoms with van der Waals surface area (Å²) in [5, 5.41) is 11.0. The molecule has 2 aromatic rings. The second-order valence-electron chi connectivity index (χ2n) is 4.87. The first kappa shape index (κ1) is 14.9. The summed E-state index contributed by atoms with van der Waals surface area (Å²) >= 11 is 1.56. The number of nitrogens with one attached hydrogen (secondary N) is 2. The summed E-state index contributed by atoms with van der Waals surface area (Å²) in [6.07, 6.45) is 1.51. The third-order valence-electron chi connectivity index (χ3n) is 2.96. The maximum atomic E-state index is 5.25. The summed E-state index contributed by atoms with van der Waals surface area (Å²) in [4.78, 5) is 5.22. The van der Waals surface area contributed by atoms with Crippen LogP contribution in [0.4, 0.5) is 5.69 Å². The van der Waals surface area contributed by atoms with Crippen molar-refractivity contribution in [3.8, 4) is 0 Å². The van der Waals surface area contributed by atoms with Crippen LogP contribution < -0.4 is 5.32 Å². The van der Waals surface area contributed by atoms with Crippen molar-refractivity contribution < 1.29 is 4.74 Å². The van der Waals surface area contributed by atoms with Gasteiger partial charge in [-0.05, 0) is 30.2 Å². The van der Waals surface area contributed by atoms with Crippen LogP contribution in [0.25, 0.3) is 0 Å². The van der Waals surface area contributed by atoms with Crippen molar-refractivity contribution >= 4 is 17.4 Å². The van der Waals surface area contributed by atoms with Crippen molar-refractivity contribution in [3.63, 3.8) is 0 Å². The number of nitrogens with zero attached hydrogens (tertiary/aromatic N) is 2. The molecule has 108 valence electrons. The number of methoxy groups -OCH3 is 1. The molecule has 5 nitrogen and oxygen atoms in total. The summed E-state index contributed by atoms with van der Waals surface area (Å²) in [5.41, 5.74) is 1.10. The molecule has 0 amide bonds. The molecular weight excluding hydrogens is 272 g/mol. The predicted molar refractivity (Wildman–Crippen MR) is 81.1 cm³/mol. The van der Waals surface area contributed by atoms with Gasteiger partial charge in [0.2, 0.25) is 0 Å². The van der Waals surface area contributed by atoms with E-state index in [1.165, 1.54) is 6.33 Å².